The maximum atomic E-state index is 11.9. The molecule has 0 heterocycles. The Kier molecular flexibility index (Phi) is 6.69. The van der Waals surface area contributed by atoms with Crippen LogP contribution in [0.5, 0.6) is 0 Å². The van der Waals surface area contributed by atoms with Crippen molar-refractivity contribution in [3.63, 3.8) is 0 Å². The fourth-order valence-electron chi connectivity index (χ4n) is 1.58. The van der Waals surface area contributed by atoms with E-state index in [0.717, 1.165) is 0 Å². The summed E-state index contributed by atoms with van der Waals surface area (Å²) in [4.78, 5) is 10.6. The fraction of sp³-hybridized carbons (Fsp3) is 0.333. The van der Waals surface area contributed by atoms with E-state index in [1.54, 1.807) is 24.3 Å². The molecule has 0 radical (unpaired) electrons. The first-order chi connectivity index (χ1) is 9.82. The molecule has 0 aliphatic carbocycles. The van der Waals surface area contributed by atoms with Gasteiger partial charge in [0.2, 0.25) is 15.9 Å². The van der Waals surface area contributed by atoms with Crippen LogP contribution in [0.3, 0.4) is 0 Å². The van der Waals surface area contributed by atoms with E-state index >= 15 is 0 Å². The number of amides is 1. The predicted octanol–water partition coefficient (Wildman–Crippen LogP) is -0.758. The number of carbonyl (C=O) groups is 1. The van der Waals surface area contributed by atoms with Gasteiger partial charge in [-0.1, -0.05) is 36.5 Å². The second-order valence-electron chi connectivity index (χ2n) is 4.19. The van der Waals surface area contributed by atoms with E-state index in [2.05, 4.69) is 4.72 Å². The maximum Gasteiger partial charge on any atom is 0.243 e. The quantitative estimate of drug-likeness (QED) is 0.404. The van der Waals surface area contributed by atoms with E-state index in [9.17, 15) is 13.2 Å². The topological polar surface area (TPSA) is 125 Å². The van der Waals surface area contributed by atoms with Crippen molar-refractivity contribution in [3.05, 3.63) is 35.4 Å². The molecule has 0 atom stereocenters. The number of carbonyl (C=O) groups excluding carboxylic acids is 1. The van der Waals surface area contributed by atoms with Gasteiger partial charge in [0.05, 0.1) is 12.4 Å². The van der Waals surface area contributed by atoms with E-state index in [0.29, 0.717) is 11.1 Å². The van der Waals surface area contributed by atoms with Crippen LogP contribution in [0.15, 0.2) is 24.3 Å². The molecule has 116 valence electrons. The van der Waals surface area contributed by atoms with Crippen LogP contribution < -0.4 is 16.2 Å². The van der Waals surface area contributed by atoms with E-state index in [1.807, 2.05) is 0 Å². The molecule has 0 aromatic heterocycles. The van der Waals surface area contributed by atoms with Crippen molar-refractivity contribution in [3.8, 4) is 0 Å². The molecule has 0 bridgehead atoms. The summed E-state index contributed by atoms with van der Waals surface area (Å²) in [5.74, 6) is -0.848. The SMILES string of the molecule is NC(=O)COCCNS(=O)(=O)Cc1ccccc1C(N)=S. The van der Waals surface area contributed by atoms with Gasteiger partial charge < -0.3 is 16.2 Å². The minimum absolute atomic E-state index is 0.0465. The van der Waals surface area contributed by atoms with Crippen molar-refractivity contribution >= 4 is 33.1 Å². The second-order valence-corrected chi connectivity index (χ2v) is 6.44. The lowest BCUT2D eigenvalue weighted by molar-refractivity contribution is -0.122. The molecule has 0 aliphatic heterocycles. The van der Waals surface area contributed by atoms with Crippen LogP contribution in [0, 0.1) is 0 Å². The summed E-state index contributed by atoms with van der Waals surface area (Å²) in [5.41, 5.74) is 11.5. The number of sulfonamides is 1. The largest absolute Gasteiger partial charge is 0.389 e. The van der Waals surface area contributed by atoms with Gasteiger partial charge in [0.15, 0.2) is 0 Å². The maximum absolute atomic E-state index is 11.9. The number of thiocarbonyl (C=S) groups is 1. The van der Waals surface area contributed by atoms with Gasteiger partial charge in [0.25, 0.3) is 0 Å². The molecule has 0 aliphatic rings. The van der Waals surface area contributed by atoms with Crippen molar-refractivity contribution in [2.24, 2.45) is 11.5 Å². The Labute approximate surface area is 128 Å². The molecule has 0 unspecified atom stereocenters. The zero-order chi connectivity index (χ0) is 15.9. The summed E-state index contributed by atoms with van der Waals surface area (Å²) < 4.78 is 31.1. The Hall–Kier alpha value is -1.55. The van der Waals surface area contributed by atoms with Gasteiger partial charge in [-0.25, -0.2) is 13.1 Å². The lowest BCUT2D eigenvalue weighted by Crippen LogP contribution is -2.30. The first-order valence-electron chi connectivity index (χ1n) is 6.03. The van der Waals surface area contributed by atoms with Crippen LogP contribution in [0.1, 0.15) is 11.1 Å². The molecule has 9 heteroatoms. The number of nitrogens with one attached hydrogen (secondary N) is 1. The number of primary amides is 1. The van der Waals surface area contributed by atoms with Crippen LogP contribution in [-0.2, 0) is 25.3 Å². The Bertz CT molecular complexity index is 617. The van der Waals surface area contributed by atoms with Gasteiger partial charge in [-0.2, -0.15) is 0 Å². The number of nitrogens with two attached hydrogens (primary N) is 2. The number of hydrogen-bond acceptors (Lipinski definition) is 5. The molecular weight excluding hydrogens is 314 g/mol. The van der Waals surface area contributed by atoms with Gasteiger partial charge in [-0.3, -0.25) is 4.79 Å². The first-order valence-corrected chi connectivity index (χ1v) is 8.09. The highest BCUT2D eigenvalue weighted by Gasteiger charge is 2.14. The van der Waals surface area contributed by atoms with Crippen molar-refractivity contribution in [2.45, 2.75) is 5.75 Å². The Balaban J connectivity index is 2.57. The summed E-state index contributed by atoms with van der Waals surface area (Å²) >= 11 is 4.88. The summed E-state index contributed by atoms with van der Waals surface area (Å²) in [5, 5.41) is 0. The molecular formula is C12H17N3O4S2. The van der Waals surface area contributed by atoms with E-state index < -0.39 is 15.9 Å². The van der Waals surface area contributed by atoms with Gasteiger partial charge >= 0.3 is 0 Å². The smallest absolute Gasteiger partial charge is 0.243 e. The van der Waals surface area contributed by atoms with Crippen LogP contribution in [0.2, 0.25) is 0 Å². The predicted molar refractivity (Wildman–Crippen MR) is 83.0 cm³/mol. The minimum Gasteiger partial charge on any atom is -0.389 e. The Morgan fingerprint density at radius 2 is 1.95 bits per heavy atom. The minimum atomic E-state index is -3.55. The third-order valence-corrected chi connectivity index (χ3v) is 4.00. The van der Waals surface area contributed by atoms with Gasteiger partial charge in [0, 0.05) is 12.1 Å². The molecule has 0 fully saturated rings. The lowest BCUT2D eigenvalue weighted by atomic mass is 10.1. The van der Waals surface area contributed by atoms with Crippen LogP contribution in [-0.4, -0.2) is 39.1 Å². The molecule has 0 spiro atoms. The van der Waals surface area contributed by atoms with Crippen molar-refractivity contribution in [1.29, 1.82) is 0 Å². The fourth-order valence-corrected chi connectivity index (χ4v) is 2.94. The average Bonchev–Trinajstić information content (AvgIpc) is 2.37. The molecule has 0 saturated carbocycles. The third kappa shape index (κ3) is 6.63. The second kappa shape index (κ2) is 8.03. The van der Waals surface area contributed by atoms with Gasteiger partial charge in [-0.15, -0.1) is 0 Å². The molecule has 1 aromatic carbocycles. The average molecular weight is 331 g/mol. The molecule has 1 amide bonds. The molecule has 5 N–H and O–H groups in total. The number of rotatable bonds is 9. The highest BCUT2D eigenvalue weighted by atomic mass is 32.2. The van der Waals surface area contributed by atoms with E-state index in [4.69, 9.17) is 28.4 Å². The van der Waals surface area contributed by atoms with Crippen LogP contribution >= 0.6 is 12.2 Å². The van der Waals surface area contributed by atoms with Crippen molar-refractivity contribution < 1.29 is 17.9 Å². The van der Waals surface area contributed by atoms with Crippen molar-refractivity contribution in [1.82, 2.24) is 4.72 Å². The highest BCUT2D eigenvalue weighted by molar-refractivity contribution is 7.88. The summed E-state index contributed by atoms with van der Waals surface area (Å²) in [7, 11) is -3.55. The zero-order valence-corrected chi connectivity index (χ0v) is 12.9. The summed E-state index contributed by atoms with van der Waals surface area (Å²) in [6, 6.07) is 6.76. The highest BCUT2D eigenvalue weighted by Crippen LogP contribution is 2.11. The normalized spacial score (nSPS) is 11.2. The van der Waals surface area contributed by atoms with E-state index in [-0.39, 0.29) is 30.5 Å². The first kappa shape index (κ1) is 17.5. The van der Waals surface area contributed by atoms with Crippen molar-refractivity contribution in [2.75, 3.05) is 19.8 Å². The number of benzene rings is 1. The molecule has 7 nitrogen and oxygen atoms in total. The summed E-state index contributed by atoms with van der Waals surface area (Å²) in [6.45, 7) is -0.143. The summed E-state index contributed by atoms with van der Waals surface area (Å²) in [6.07, 6.45) is 0. The lowest BCUT2D eigenvalue weighted by Gasteiger charge is -2.10. The van der Waals surface area contributed by atoms with Gasteiger partial charge in [-0.05, 0) is 5.56 Å². The van der Waals surface area contributed by atoms with Crippen LogP contribution in [0.25, 0.3) is 0 Å². The molecule has 1 rings (SSSR count). The Morgan fingerprint density at radius 3 is 2.57 bits per heavy atom. The standard InChI is InChI=1S/C12H17N3O4S2/c13-11(16)7-19-6-5-15-21(17,18)8-9-3-1-2-4-10(9)12(14)20/h1-4,15H,5-8H2,(H2,13,16)(H2,14,20). The molecule has 0 saturated heterocycles. The molecule has 1 aromatic rings. The molecule has 21 heavy (non-hydrogen) atoms. The third-order valence-electron chi connectivity index (χ3n) is 2.44. The van der Waals surface area contributed by atoms with Gasteiger partial charge in [0.1, 0.15) is 11.6 Å². The Morgan fingerprint density at radius 1 is 1.29 bits per heavy atom. The monoisotopic (exact) mass is 331 g/mol. The number of hydrogen-bond donors (Lipinski definition) is 3. The van der Waals surface area contributed by atoms with E-state index in [1.165, 1.54) is 0 Å². The van der Waals surface area contributed by atoms with Crippen LogP contribution in [0.4, 0.5) is 0 Å². The number of ether oxygens (including phenoxy) is 1. The zero-order valence-electron chi connectivity index (χ0n) is 11.2.